The number of benzene rings is 1. The number of unbranched alkanes of at least 4 members (excludes halogenated alkanes) is 3. The molecule has 0 heterocycles. The first-order valence-corrected chi connectivity index (χ1v) is 11.2. The Morgan fingerprint density at radius 2 is 1.82 bits per heavy atom. The van der Waals surface area contributed by atoms with Gasteiger partial charge in [-0.3, -0.25) is 4.79 Å². The van der Waals surface area contributed by atoms with Gasteiger partial charge in [-0.05, 0) is 60.1 Å². The van der Waals surface area contributed by atoms with Gasteiger partial charge in [0, 0.05) is 13.0 Å². The van der Waals surface area contributed by atoms with Crippen LogP contribution >= 0.6 is 0 Å². The van der Waals surface area contributed by atoms with E-state index in [0.29, 0.717) is 24.0 Å². The van der Waals surface area contributed by atoms with Crippen LogP contribution < -0.4 is 5.32 Å². The summed E-state index contributed by atoms with van der Waals surface area (Å²) >= 11 is 0. The first-order valence-electron chi connectivity index (χ1n) is 11.2. The zero-order chi connectivity index (χ0) is 21.2. The van der Waals surface area contributed by atoms with Crippen LogP contribution in [0.1, 0.15) is 97.6 Å². The summed E-state index contributed by atoms with van der Waals surface area (Å²) in [6.07, 6.45) is 8.10. The van der Waals surface area contributed by atoms with E-state index in [1.807, 2.05) is 6.07 Å². The lowest BCUT2D eigenvalue weighted by atomic mass is 9.82. The lowest BCUT2D eigenvalue weighted by Gasteiger charge is -2.23. The van der Waals surface area contributed by atoms with E-state index < -0.39 is 0 Å². The van der Waals surface area contributed by atoms with E-state index >= 15 is 0 Å². The molecule has 160 valence electrons. The molecule has 0 radical (unpaired) electrons. The minimum atomic E-state index is 0.0519. The summed E-state index contributed by atoms with van der Waals surface area (Å²) in [6, 6.07) is 6.19. The van der Waals surface area contributed by atoms with Crippen molar-refractivity contribution < 1.29 is 9.90 Å². The lowest BCUT2D eigenvalue weighted by molar-refractivity contribution is -0.121. The number of carbonyl (C=O) groups excluding carboxylic acids is 1. The van der Waals surface area contributed by atoms with Crippen LogP contribution in [-0.4, -0.2) is 17.6 Å². The second-order valence-corrected chi connectivity index (χ2v) is 9.60. The minimum absolute atomic E-state index is 0.0519. The monoisotopic (exact) mass is 389 g/mol. The molecule has 1 amide bonds. The maximum Gasteiger partial charge on any atom is 0.219 e. The Hall–Kier alpha value is -1.51. The van der Waals surface area contributed by atoms with Crippen LogP contribution in [-0.2, 0) is 16.6 Å². The summed E-state index contributed by atoms with van der Waals surface area (Å²) in [5.74, 6) is 1.77. The minimum Gasteiger partial charge on any atom is -0.508 e. The summed E-state index contributed by atoms with van der Waals surface area (Å²) in [6.45, 7) is 14.0. The fourth-order valence-corrected chi connectivity index (χ4v) is 3.52. The molecule has 0 unspecified atom stereocenters. The maximum absolute atomic E-state index is 11.8. The zero-order valence-corrected chi connectivity index (χ0v) is 19.1. The molecular formula is C25H43NO2. The highest BCUT2D eigenvalue weighted by molar-refractivity contribution is 5.75. The molecule has 1 aromatic carbocycles. The predicted molar refractivity (Wildman–Crippen MR) is 120 cm³/mol. The van der Waals surface area contributed by atoms with Crippen molar-refractivity contribution in [2.75, 3.05) is 6.54 Å². The molecule has 1 aromatic rings. The molecule has 0 aromatic heterocycles. The van der Waals surface area contributed by atoms with Crippen LogP contribution in [0.2, 0.25) is 0 Å². The molecule has 28 heavy (non-hydrogen) atoms. The zero-order valence-electron chi connectivity index (χ0n) is 19.1. The van der Waals surface area contributed by atoms with Crippen LogP contribution in [0, 0.1) is 11.8 Å². The number of hydrogen-bond acceptors (Lipinski definition) is 2. The van der Waals surface area contributed by atoms with Crippen molar-refractivity contribution in [3.63, 3.8) is 0 Å². The molecule has 3 nitrogen and oxygen atoms in total. The molecule has 1 atom stereocenters. The Morgan fingerprint density at radius 1 is 1.11 bits per heavy atom. The van der Waals surface area contributed by atoms with E-state index in [-0.39, 0.29) is 11.3 Å². The molecule has 0 spiro atoms. The number of rotatable bonds is 12. The standard InChI is InChI=1S/C25H43NO2/c1-7-8-16-26-24(28)13-11-9-10-12-20(19(2)3)17-21-14-15-22(18-23(21)27)25(4,5)6/h14-15,18-20,27H,7-13,16-17H2,1-6H3,(H,26,28)/t20-/m0/s1. The van der Waals surface area contributed by atoms with E-state index in [1.165, 1.54) is 5.56 Å². The molecule has 0 fully saturated rings. The predicted octanol–water partition coefficient (Wildman–Crippen LogP) is 6.37. The van der Waals surface area contributed by atoms with Gasteiger partial charge in [0.2, 0.25) is 5.91 Å². The van der Waals surface area contributed by atoms with Gasteiger partial charge < -0.3 is 10.4 Å². The first-order chi connectivity index (χ1) is 13.1. The van der Waals surface area contributed by atoms with Gasteiger partial charge in [0.15, 0.2) is 0 Å². The summed E-state index contributed by atoms with van der Waals surface area (Å²) in [5.41, 5.74) is 2.28. The summed E-state index contributed by atoms with van der Waals surface area (Å²) in [7, 11) is 0. The summed E-state index contributed by atoms with van der Waals surface area (Å²) in [5, 5.41) is 13.5. The number of aromatic hydroxyl groups is 1. The van der Waals surface area contributed by atoms with Gasteiger partial charge in [0.1, 0.15) is 5.75 Å². The second kappa shape index (κ2) is 12.1. The third-order valence-corrected chi connectivity index (χ3v) is 5.71. The molecule has 0 bridgehead atoms. The van der Waals surface area contributed by atoms with Crippen LogP contribution in [0.15, 0.2) is 18.2 Å². The van der Waals surface area contributed by atoms with Crippen LogP contribution in [0.25, 0.3) is 0 Å². The Kier molecular flexibility index (Phi) is 10.6. The largest absolute Gasteiger partial charge is 0.508 e. The fourth-order valence-electron chi connectivity index (χ4n) is 3.52. The van der Waals surface area contributed by atoms with E-state index in [2.05, 4.69) is 59.0 Å². The van der Waals surface area contributed by atoms with Crippen LogP contribution in [0.4, 0.5) is 0 Å². The van der Waals surface area contributed by atoms with Crippen molar-refractivity contribution in [3.8, 4) is 5.75 Å². The Bertz CT molecular complexity index is 587. The van der Waals surface area contributed by atoms with Crippen molar-refractivity contribution in [2.45, 2.75) is 98.3 Å². The molecule has 0 aliphatic carbocycles. The van der Waals surface area contributed by atoms with Gasteiger partial charge in [0.25, 0.3) is 0 Å². The van der Waals surface area contributed by atoms with E-state index in [0.717, 1.165) is 57.1 Å². The van der Waals surface area contributed by atoms with Crippen LogP contribution in [0.5, 0.6) is 5.75 Å². The van der Waals surface area contributed by atoms with E-state index in [9.17, 15) is 9.90 Å². The number of phenolic OH excluding ortho intramolecular Hbond substituents is 1. The average Bonchev–Trinajstić information content (AvgIpc) is 2.60. The van der Waals surface area contributed by atoms with E-state index in [4.69, 9.17) is 0 Å². The molecule has 0 aliphatic heterocycles. The molecule has 0 saturated heterocycles. The summed E-state index contributed by atoms with van der Waals surface area (Å²) < 4.78 is 0. The molecule has 3 heteroatoms. The number of phenols is 1. The molecule has 0 aliphatic rings. The van der Waals surface area contributed by atoms with Gasteiger partial charge >= 0.3 is 0 Å². The molecule has 1 rings (SSSR count). The Morgan fingerprint density at radius 3 is 2.39 bits per heavy atom. The second-order valence-electron chi connectivity index (χ2n) is 9.60. The van der Waals surface area contributed by atoms with Crippen molar-refractivity contribution in [3.05, 3.63) is 29.3 Å². The molecule has 0 saturated carbocycles. The van der Waals surface area contributed by atoms with E-state index in [1.54, 1.807) is 0 Å². The van der Waals surface area contributed by atoms with Crippen molar-refractivity contribution in [1.29, 1.82) is 0 Å². The Balaban J connectivity index is 2.45. The topological polar surface area (TPSA) is 49.3 Å². The lowest BCUT2D eigenvalue weighted by Crippen LogP contribution is -2.23. The highest BCUT2D eigenvalue weighted by Crippen LogP contribution is 2.31. The van der Waals surface area contributed by atoms with Crippen molar-refractivity contribution in [2.24, 2.45) is 11.8 Å². The number of amides is 1. The molecular weight excluding hydrogens is 346 g/mol. The highest BCUT2D eigenvalue weighted by Gasteiger charge is 2.19. The third kappa shape index (κ3) is 9.12. The van der Waals surface area contributed by atoms with Crippen molar-refractivity contribution >= 4 is 5.91 Å². The third-order valence-electron chi connectivity index (χ3n) is 5.71. The number of hydrogen-bond donors (Lipinski definition) is 2. The van der Waals surface area contributed by atoms with Gasteiger partial charge in [-0.2, -0.15) is 0 Å². The fraction of sp³-hybridized carbons (Fsp3) is 0.720. The number of carbonyl (C=O) groups is 1. The van der Waals surface area contributed by atoms with Gasteiger partial charge in [0.05, 0.1) is 0 Å². The average molecular weight is 390 g/mol. The van der Waals surface area contributed by atoms with Crippen molar-refractivity contribution in [1.82, 2.24) is 5.32 Å². The normalized spacial score (nSPS) is 13.0. The SMILES string of the molecule is CCCCNC(=O)CCCCC[C@@H](Cc1ccc(C(C)(C)C)cc1O)C(C)C. The summed E-state index contributed by atoms with van der Waals surface area (Å²) in [4.78, 5) is 11.8. The van der Waals surface area contributed by atoms with Gasteiger partial charge in [-0.25, -0.2) is 0 Å². The Labute approximate surface area is 173 Å². The van der Waals surface area contributed by atoms with Gasteiger partial charge in [-0.15, -0.1) is 0 Å². The van der Waals surface area contributed by atoms with Gasteiger partial charge in [-0.1, -0.05) is 72.9 Å². The quantitative estimate of drug-likeness (QED) is 0.408. The maximum atomic E-state index is 11.8. The molecule has 2 N–H and O–H groups in total. The smallest absolute Gasteiger partial charge is 0.219 e. The number of nitrogens with one attached hydrogen (secondary N) is 1. The van der Waals surface area contributed by atoms with Crippen LogP contribution in [0.3, 0.4) is 0 Å². The first kappa shape index (κ1) is 24.5. The highest BCUT2D eigenvalue weighted by atomic mass is 16.3.